The van der Waals surface area contributed by atoms with Crippen LogP contribution in [0.4, 0.5) is 0 Å². The molecule has 0 bridgehead atoms. The Kier molecular flexibility index (Phi) is 5.94. The molecule has 2 N–H and O–H groups in total. The maximum Gasteiger partial charge on any atom is 0.419 e. The van der Waals surface area contributed by atoms with E-state index < -0.39 is 27.7 Å². The number of sulfonamides is 1. The number of carbonyl (C=O) groups excluding carboxylic acids is 1. The minimum atomic E-state index is -4.02. The fraction of sp³-hybridized carbons (Fsp3) is 0.368. The number of carbonyl (C=O) groups is 1. The summed E-state index contributed by atoms with van der Waals surface area (Å²) in [6.45, 7) is 3.95. The molecule has 29 heavy (non-hydrogen) atoms. The first-order chi connectivity index (χ1) is 13.7. The number of furan rings is 1. The number of rotatable bonds is 8. The second kappa shape index (κ2) is 8.26. The van der Waals surface area contributed by atoms with E-state index in [0.717, 1.165) is 0 Å². The predicted molar refractivity (Wildman–Crippen MR) is 106 cm³/mol. The van der Waals surface area contributed by atoms with E-state index >= 15 is 0 Å². The van der Waals surface area contributed by atoms with Crippen molar-refractivity contribution in [1.29, 1.82) is 0 Å². The van der Waals surface area contributed by atoms with Crippen LogP contribution >= 0.6 is 0 Å². The summed E-state index contributed by atoms with van der Waals surface area (Å²) in [6.07, 6.45) is 1.81. The quantitative estimate of drug-likeness (QED) is 0.571. The van der Waals surface area contributed by atoms with E-state index in [1.807, 2.05) is 13.8 Å². The Morgan fingerprint density at radius 2 is 2.00 bits per heavy atom. The third-order valence-electron chi connectivity index (χ3n) is 4.41. The van der Waals surface area contributed by atoms with E-state index in [0.29, 0.717) is 17.7 Å². The van der Waals surface area contributed by atoms with Gasteiger partial charge in [0.05, 0.1) is 23.2 Å². The molecule has 3 aromatic rings. The van der Waals surface area contributed by atoms with Gasteiger partial charge in [-0.05, 0) is 36.6 Å². The molecule has 0 aliphatic carbocycles. The van der Waals surface area contributed by atoms with E-state index in [2.05, 4.69) is 10.0 Å². The van der Waals surface area contributed by atoms with Gasteiger partial charge in [0.1, 0.15) is 11.8 Å². The number of nitrogens with one attached hydrogen (secondary N) is 2. The SMILES string of the molecule is CC(C)C[C@H](NS(=O)(=O)c1ccc2c(c1)oc(=O)n2C)C(=O)NCc1ccco1. The van der Waals surface area contributed by atoms with E-state index in [4.69, 9.17) is 8.83 Å². The fourth-order valence-corrected chi connectivity index (χ4v) is 4.15. The summed E-state index contributed by atoms with van der Waals surface area (Å²) in [5, 5.41) is 2.68. The molecule has 0 saturated heterocycles. The molecule has 0 unspecified atom stereocenters. The summed E-state index contributed by atoms with van der Waals surface area (Å²) in [5.41, 5.74) is 0.631. The van der Waals surface area contributed by atoms with Gasteiger partial charge in [0.2, 0.25) is 15.9 Å². The lowest BCUT2D eigenvalue weighted by Crippen LogP contribution is -2.47. The van der Waals surface area contributed by atoms with Crippen molar-refractivity contribution in [1.82, 2.24) is 14.6 Å². The zero-order valence-electron chi connectivity index (χ0n) is 16.3. The van der Waals surface area contributed by atoms with Gasteiger partial charge in [-0.2, -0.15) is 4.72 Å². The Hall–Kier alpha value is -2.85. The second-order valence-corrected chi connectivity index (χ2v) is 8.87. The normalized spacial score (nSPS) is 13.1. The van der Waals surface area contributed by atoms with Crippen molar-refractivity contribution in [2.75, 3.05) is 0 Å². The Morgan fingerprint density at radius 3 is 2.66 bits per heavy atom. The minimum Gasteiger partial charge on any atom is -0.467 e. The fourth-order valence-electron chi connectivity index (χ4n) is 2.93. The van der Waals surface area contributed by atoms with Gasteiger partial charge >= 0.3 is 5.76 Å². The number of fused-ring (bicyclic) bond motifs is 1. The van der Waals surface area contributed by atoms with Crippen LogP contribution in [0.1, 0.15) is 26.0 Å². The summed E-state index contributed by atoms with van der Waals surface area (Å²) in [6, 6.07) is 6.58. The second-order valence-electron chi connectivity index (χ2n) is 7.16. The van der Waals surface area contributed by atoms with Crippen molar-refractivity contribution in [3.63, 3.8) is 0 Å². The number of oxazole rings is 1. The van der Waals surface area contributed by atoms with Gasteiger partial charge in [0, 0.05) is 13.1 Å². The van der Waals surface area contributed by atoms with Crippen LogP contribution in [-0.4, -0.2) is 24.9 Å². The van der Waals surface area contributed by atoms with Crippen molar-refractivity contribution in [2.45, 2.75) is 37.8 Å². The first kappa shape index (κ1) is 20.9. The highest BCUT2D eigenvalue weighted by Crippen LogP contribution is 2.19. The highest BCUT2D eigenvalue weighted by atomic mass is 32.2. The minimum absolute atomic E-state index is 0.0756. The molecular formula is C19H23N3O6S. The lowest BCUT2D eigenvalue weighted by molar-refractivity contribution is -0.123. The largest absolute Gasteiger partial charge is 0.467 e. The Labute approximate surface area is 167 Å². The lowest BCUT2D eigenvalue weighted by atomic mass is 10.0. The van der Waals surface area contributed by atoms with Crippen LogP contribution in [0.5, 0.6) is 0 Å². The maximum atomic E-state index is 12.9. The van der Waals surface area contributed by atoms with Crippen molar-refractivity contribution < 1.29 is 22.0 Å². The summed E-state index contributed by atoms with van der Waals surface area (Å²) >= 11 is 0. The number of hydrogen-bond donors (Lipinski definition) is 2. The molecule has 9 nitrogen and oxygen atoms in total. The first-order valence-electron chi connectivity index (χ1n) is 9.09. The van der Waals surface area contributed by atoms with Crippen LogP contribution in [-0.2, 0) is 28.4 Å². The Bertz CT molecular complexity index is 1160. The Balaban J connectivity index is 1.81. The third kappa shape index (κ3) is 4.77. The van der Waals surface area contributed by atoms with Gasteiger partial charge in [-0.3, -0.25) is 9.36 Å². The van der Waals surface area contributed by atoms with Crippen molar-refractivity contribution in [3.8, 4) is 0 Å². The van der Waals surface area contributed by atoms with E-state index in [1.165, 1.54) is 36.1 Å². The van der Waals surface area contributed by atoms with Gasteiger partial charge in [-0.1, -0.05) is 13.8 Å². The van der Waals surface area contributed by atoms with Crippen LogP contribution in [0.15, 0.2) is 55.1 Å². The number of benzene rings is 1. The lowest BCUT2D eigenvalue weighted by Gasteiger charge is -2.20. The zero-order valence-corrected chi connectivity index (χ0v) is 17.2. The molecule has 0 aliphatic rings. The van der Waals surface area contributed by atoms with Crippen LogP contribution in [0.3, 0.4) is 0 Å². The molecule has 10 heteroatoms. The summed E-state index contributed by atoms with van der Waals surface area (Å²) in [4.78, 5) is 24.1. The Morgan fingerprint density at radius 1 is 1.24 bits per heavy atom. The third-order valence-corrected chi connectivity index (χ3v) is 5.88. The van der Waals surface area contributed by atoms with Crippen molar-refractivity contribution in [3.05, 3.63) is 52.9 Å². The molecule has 1 atom stereocenters. The molecule has 3 rings (SSSR count). The number of aryl methyl sites for hydroxylation is 1. The highest BCUT2D eigenvalue weighted by Gasteiger charge is 2.27. The molecule has 0 radical (unpaired) electrons. The van der Waals surface area contributed by atoms with Crippen LogP contribution < -0.4 is 15.8 Å². The van der Waals surface area contributed by atoms with Crippen LogP contribution in [0.2, 0.25) is 0 Å². The average molecular weight is 421 g/mol. The van der Waals surface area contributed by atoms with Gasteiger partial charge < -0.3 is 14.2 Å². The van der Waals surface area contributed by atoms with E-state index in [-0.39, 0.29) is 22.9 Å². The molecule has 1 aromatic carbocycles. The van der Waals surface area contributed by atoms with Gasteiger partial charge in [0.25, 0.3) is 0 Å². The number of amides is 1. The van der Waals surface area contributed by atoms with Crippen molar-refractivity contribution >= 4 is 27.0 Å². The molecular weight excluding hydrogens is 398 g/mol. The molecule has 1 amide bonds. The zero-order chi connectivity index (χ0) is 21.2. The van der Waals surface area contributed by atoms with Gasteiger partial charge in [-0.25, -0.2) is 13.2 Å². The molecule has 2 aromatic heterocycles. The molecule has 0 saturated carbocycles. The monoisotopic (exact) mass is 421 g/mol. The molecule has 156 valence electrons. The molecule has 2 heterocycles. The van der Waals surface area contributed by atoms with Crippen LogP contribution in [0.25, 0.3) is 11.1 Å². The highest BCUT2D eigenvalue weighted by molar-refractivity contribution is 7.89. The summed E-state index contributed by atoms with van der Waals surface area (Å²) in [7, 11) is -2.49. The predicted octanol–water partition coefficient (Wildman–Crippen LogP) is 1.73. The topological polar surface area (TPSA) is 124 Å². The number of aromatic nitrogens is 1. The van der Waals surface area contributed by atoms with Crippen molar-refractivity contribution in [2.24, 2.45) is 13.0 Å². The smallest absolute Gasteiger partial charge is 0.419 e. The first-order valence-corrected chi connectivity index (χ1v) is 10.6. The molecule has 0 spiro atoms. The maximum absolute atomic E-state index is 12.9. The summed E-state index contributed by atoms with van der Waals surface area (Å²) in [5.74, 6) is -0.399. The number of nitrogens with zero attached hydrogens (tertiary/aromatic N) is 1. The van der Waals surface area contributed by atoms with E-state index in [9.17, 15) is 18.0 Å². The summed E-state index contributed by atoms with van der Waals surface area (Å²) < 4.78 is 39.7. The molecule has 0 aliphatic heterocycles. The number of hydrogen-bond acceptors (Lipinski definition) is 6. The standard InChI is InChI=1S/C19H23N3O6S/c1-12(2)9-15(18(23)20-11-13-5-4-8-27-13)21-29(25,26)14-6-7-16-17(10-14)28-19(24)22(16)3/h4-8,10,12,15,21H,9,11H2,1-3H3,(H,20,23)/t15-/m0/s1. The van der Waals surface area contributed by atoms with Gasteiger partial charge in [-0.15, -0.1) is 0 Å². The molecule has 0 fully saturated rings. The van der Waals surface area contributed by atoms with Gasteiger partial charge in [0.15, 0.2) is 5.58 Å². The van der Waals surface area contributed by atoms with E-state index in [1.54, 1.807) is 12.1 Å². The average Bonchev–Trinajstić information content (AvgIpc) is 3.27. The van der Waals surface area contributed by atoms with Crippen LogP contribution in [0, 0.1) is 5.92 Å².